The molecule has 0 aliphatic carbocycles. The summed E-state index contributed by atoms with van der Waals surface area (Å²) in [5.41, 5.74) is 2.12. The number of nitrogens with zero attached hydrogens (tertiary/aromatic N) is 3. The molecular weight excluding hydrogens is 258 g/mol. The second kappa shape index (κ2) is 6.56. The zero-order valence-corrected chi connectivity index (χ0v) is 13.0. The van der Waals surface area contributed by atoms with Gasteiger partial charge in [-0.2, -0.15) is 0 Å². The Morgan fingerprint density at radius 1 is 1.37 bits per heavy atom. The molecule has 19 heavy (non-hydrogen) atoms. The van der Waals surface area contributed by atoms with Crippen molar-refractivity contribution in [3.05, 3.63) is 17.7 Å². The zero-order valence-electron chi connectivity index (χ0n) is 12.2. The van der Waals surface area contributed by atoms with Crippen LogP contribution in [0.1, 0.15) is 57.5 Å². The second-order valence-electron chi connectivity index (χ2n) is 5.69. The normalized spacial score (nSPS) is 17.2. The van der Waals surface area contributed by atoms with Crippen LogP contribution in [0.25, 0.3) is 0 Å². The Morgan fingerprint density at radius 3 is 2.58 bits per heavy atom. The molecule has 0 unspecified atom stereocenters. The molecule has 1 aromatic heterocycles. The van der Waals surface area contributed by atoms with E-state index in [1.807, 2.05) is 6.20 Å². The van der Waals surface area contributed by atoms with E-state index in [1.54, 1.807) is 0 Å². The number of piperidine rings is 1. The molecule has 2 heterocycles. The monoisotopic (exact) mass is 281 g/mol. The number of rotatable bonds is 4. The molecule has 0 spiro atoms. The number of halogens is 1. The van der Waals surface area contributed by atoms with E-state index in [2.05, 4.69) is 35.6 Å². The van der Waals surface area contributed by atoms with Gasteiger partial charge >= 0.3 is 0 Å². The maximum Gasteiger partial charge on any atom is 0.131 e. The molecular formula is C15H24ClN3. The van der Waals surface area contributed by atoms with Gasteiger partial charge < -0.3 is 4.90 Å². The summed E-state index contributed by atoms with van der Waals surface area (Å²) in [5, 5.41) is 0. The minimum absolute atomic E-state index is 0.349. The van der Waals surface area contributed by atoms with E-state index in [0.717, 1.165) is 36.2 Å². The molecule has 1 aromatic rings. The molecule has 1 aliphatic rings. The molecule has 0 aromatic carbocycles. The SMILES string of the molecule is CCC1CCN(c2cnc(C(C)C)nc2CCl)CC1. The predicted octanol–water partition coefficient (Wildman–Crippen LogP) is 3.97. The fraction of sp³-hybridized carbons (Fsp3) is 0.733. The fourth-order valence-electron chi connectivity index (χ4n) is 2.65. The van der Waals surface area contributed by atoms with E-state index in [9.17, 15) is 0 Å². The molecule has 1 saturated heterocycles. The summed E-state index contributed by atoms with van der Waals surface area (Å²) < 4.78 is 0. The number of anilines is 1. The molecule has 1 fully saturated rings. The van der Waals surface area contributed by atoms with Crippen LogP contribution in [0.15, 0.2) is 6.20 Å². The van der Waals surface area contributed by atoms with Crippen LogP contribution >= 0.6 is 11.6 Å². The van der Waals surface area contributed by atoms with Crippen molar-refractivity contribution in [2.75, 3.05) is 18.0 Å². The molecule has 2 rings (SSSR count). The van der Waals surface area contributed by atoms with Crippen LogP contribution in [0.5, 0.6) is 0 Å². The lowest BCUT2D eigenvalue weighted by atomic mass is 9.94. The van der Waals surface area contributed by atoms with Gasteiger partial charge in [0.15, 0.2) is 0 Å². The van der Waals surface area contributed by atoms with Gasteiger partial charge in [-0.05, 0) is 18.8 Å². The molecule has 0 atom stereocenters. The Hall–Kier alpha value is -0.830. The first kappa shape index (κ1) is 14.6. The van der Waals surface area contributed by atoms with Crippen molar-refractivity contribution in [3.8, 4) is 0 Å². The third kappa shape index (κ3) is 3.38. The van der Waals surface area contributed by atoms with Crippen molar-refractivity contribution in [2.24, 2.45) is 5.92 Å². The smallest absolute Gasteiger partial charge is 0.131 e. The Morgan fingerprint density at radius 2 is 2.05 bits per heavy atom. The summed E-state index contributed by atoms with van der Waals surface area (Å²) >= 11 is 6.07. The molecule has 0 saturated carbocycles. The summed E-state index contributed by atoms with van der Waals surface area (Å²) in [6.07, 6.45) is 5.79. The first-order valence-corrected chi connectivity index (χ1v) is 7.85. The molecule has 1 aliphatic heterocycles. The van der Waals surface area contributed by atoms with E-state index >= 15 is 0 Å². The van der Waals surface area contributed by atoms with Crippen LogP contribution in [-0.2, 0) is 5.88 Å². The van der Waals surface area contributed by atoms with Gasteiger partial charge in [-0.25, -0.2) is 9.97 Å². The van der Waals surface area contributed by atoms with Gasteiger partial charge in [-0.3, -0.25) is 0 Å². The lowest BCUT2D eigenvalue weighted by molar-refractivity contribution is 0.394. The van der Waals surface area contributed by atoms with Gasteiger partial charge in [0.2, 0.25) is 0 Å². The fourth-order valence-corrected chi connectivity index (χ4v) is 2.85. The zero-order chi connectivity index (χ0) is 13.8. The average Bonchev–Trinajstić information content (AvgIpc) is 2.46. The number of hydrogen-bond donors (Lipinski definition) is 0. The van der Waals surface area contributed by atoms with Crippen molar-refractivity contribution < 1.29 is 0 Å². The number of alkyl halides is 1. The third-order valence-electron chi connectivity index (χ3n) is 4.04. The minimum atomic E-state index is 0.349. The Bertz CT molecular complexity index is 412. The van der Waals surface area contributed by atoms with E-state index in [1.165, 1.54) is 19.3 Å². The summed E-state index contributed by atoms with van der Waals surface area (Å²) in [6, 6.07) is 0. The molecule has 3 nitrogen and oxygen atoms in total. The second-order valence-corrected chi connectivity index (χ2v) is 5.95. The maximum absolute atomic E-state index is 6.07. The molecule has 4 heteroatoms. The van der Waals surface area contributed by atoms with Crippen molar-refractivity contribution >= 4 is 17.3 Å². The average molecular weight is 282 g/mol. The molecule has 0 N–H and O–H groups in total. The van der Waals surface area contributed by atoms with Gasteiger partial charge in [0, 0.05) is 19.0 Å². The van der Waals surface area contributed by atoms with Gasteiger partial charge in [0.25, 0.3) is 0 Å². The lowest BCUT2D eigenvalue weighted by Gasteiger charge is -2.33. The summed E-state index contributed by atoms with van der Waals surface area (Å²) in [4.78, 5) is 11.5. The minimum Gasteiger partial charge on any atom is -0.369 e. The van der Waals surface area contributed by atoms with Crippen molar-refractivity contribution in [1.29, 1.82) is 0 Å². The largest absolute Gasteiger partial charge is 0.369 e. The van der Waals surface area contributed by atoms with Crippen LogP contribution in [0, 0.1) is 5.92 Å². The number of hydrogen-bond acceptors (Lipinski definition) is 3. The van der Waals surface area contributed by atoms with Gasteiger partial charge in [0.05, 0.1) is 23.5 Å². The van der Waals surface area contributed by atoms with Crippen LogP contribution in [0.3, 0.4) is 0 Å². The highest BCUT2D eigenvalue weighted by molar-refractivity contribution is 6.17. The van der Waals surface area contributed by atoms with Crippen LogP contribution in [-0.4, -0.2) is 23.1 Å². The van der Waals surface area contributed by atoms with Crippen LogP contribution in [0.2, 0.25) is 0 Å². The third-order valence-corrected chi connectivity index (χ3v) is 4.29. The first-order chi connectivity index (χ1) is 9.15. The topological polar surface area (TPSA) is 29.0 Å². The quantitative estimate of drug-likeness (QED) is 0.782. The molecule has 0 amide bonds. The summed E-state index contributed by atoms with van der Waals surface area (Å²) in [6.45, 7) is 8.71. The molecule has 0 bridgehead atoms. The van der Waals surface area contributed by atoms with Crippen LogP contribution < -0.4 is 4.90 Å². The highest BCUT2D eigenvalue weighted by atomic mass is 35.5. The maximum atomic E-state index is 6.07. The summed E-state index contributed by atoms with van der Waals surface area (Å²) in [7, 11) is 0. The van der Waals surface area contributed by atoms with Crippen molar-refractivity contribution in [3.63, 3.8) is 0 Å². The number of aromatic nitrogens is 2. The molecule has 106 valence electrons. The van der Waals surface area contributed by atoms with Crippen LogP contribution in [0.4, 0.5) is 5.69 Å². The lowest BCUT2D eigenvalue weighted by Crippen LogP contribution is -2.34. The standard InChI is InChI=1S/C15H24ClN3/c1-4-12-5-7-19(8-6-12)14-10-17-15(11(2)3)18-13(14)9-16/h10-12H,4-9H2,1-3H3. The van der Waals surface area contributed by atoms with E-state index in [0.29, 0.717) is 11.8 Å². The molecule has 0 radical (unpaired) electrons. The Kier molecular flexibility index (Phi) is 5.03. The Balaban J connectivity index is 2.16. The van der Waals surface area contributed by atoms with Crippen molar-refractivity contribution in [1.82, 2.24) is 9.97 Å². The highest BCUT2D eigenvalue weighted by Gasteiger charge is 2.21. The van der Waals surface area contributed by atoms with E-state index in [-0.39, 0.29) is 0 Å². The van der Waals surface area contributed by atoms with Crippen molar-refractivity contribution in [2.45, 2.75) is 51.8 Å². The first-order valence-electron chi connectivity index (χ1n) is 7.32. The van der Waals surface area contributed by atoms with Gasteiger partial charge in [0.1, 0.15) is 5.82 Å². The van der Waals surface area contributed by atoms with E-state index < -0.39 is 0 Å². The van der Waals surface area contributed by atoms with Gasteiger partial charge in [-0.15, -0.1) is 11.6 Å². The predicted molar refractivity (Wildman–Crippen MR) is 80.9 cm³/mol. The highest BCUT2D eigenvalue weighted by Crippen LogP contribution is 2.27. The van der Waals surface area contributed by atoms with Gasteiger partial charge in [-0.1, -0.05) is 27.2 Å². The Labute approximate surface area is 121 Å². The van der Waals surface area contributed by atoms with E-state index in [4.69, 9.17) is 11.6 Å². The summed E-state index contributed by atoms with van der Waals surface area (Å²) in [5.74, 6) is 2.59.